The third kappa shape index (κ3) is 5.23. The van der Waals surface area contributed by atoms with Gasteiger partial charge in [-0.2, -0.15) is 10.1 Å². The predicted molar refractivity (Wildman–Crippen MR) is 139 cm³/mol. The van der Waals surface area contributed by atoms with Crippen LogP contribution in [0, 0.1) is 0 Å². The number of benzene rings is 2. The molecule has 178 valence electrons. The van der Waals surface area contributed by atoms with Crippen LogP contribution in [0.1, 0.15) is 35.3 Å². The molecule has 0 bridgehead atoms. The molecule has 1 N–H and O–H groups in total. The Kier molecular flexibility index (Phi) is 8.30. The third-order valence-electron chi connectivity index (χ3n) is 5.20. The van der Waals surface area contributed by atoms with Crippen LogP contribution >= 0.6 is 24.0 Å². The summed E-state index contributed by atoms with van der Waals surface area (Å²) in [6.07, 6.45) is 3.04. The number of nitrogens with zero attached hydrogens (tertiary/aromatic N) is 3. The molecule has 0 radical (unpaired) electrons. The van der Waals surface area contributed by atoms with Crippen LogP contribution in [-0.2, 0) is 4.79 Å². The van der Waals surface area contributed by atoms with E-state index in [0.717, 1.165) is 41.1 Å². The van der Waals surface area contributed by atoms with Crippen molar-refractivity contribution in [2.45, 2.75) is 13.8 Å². The van der Waals surface area contributed by atoms with E-state index in [1.54, 1.807) is 18.3 Å². The number of ether oxygens (including phenoxy) is 2. The van der Waals surface area contributed by atoms with Crippen molar-refractivity contribution in [2.75, 3.05) is 32.2 Å². The van der Waals surface area contributed by atoms with Crippen LogP contribution in [0.5, 0.6) is 11.5 Å². The van der Waals surface area contributed by atoms with Gasteiger partial charge in [0.15, 0.2) is 15.8 Å². The summed E-state index contributed by atoms with van der Waals surface area (Å²) in [7, 11) is 2.78. The smallest absolute Gasteiger partial charge is 0.340 e. The van der Waals surface area contributed by atoms with Gasteiger partial charge in [-0.1, -0.05) is 30.0 Å². The molecule has 1 saturated heterocycles. The molecule has 0 unspecified atom stereocenters. The number of carboxylic acid groups (broad SMARTS) is 1. The molecular weight excluding hydrogens is 474 g/mol. The summed E-state index contributed by atoms with van der Waals surface area (Å²) < 4.78 is 10.7. The summed E-state index contributed by atoms with van der Waals surface area (Å²) in [5.41, 5.74) is 2.12. The monoisotopic (exact) mass is 499 g/mol. The van der Waals surface area contributed by atoms with Crippen LogP contribution in [0.2, 0.25) is 0 Å². The van der Waals surface area contributed by atoms with Crippen molar-refractivity contribution in [3.8, 4) is 11.5 Å². The Labute approximate surface area is 207 Å². The number of methoxy groups -OCH3 is 2. The molecule has 0 atom stereocenters. The molecule has 10 heteroatoms. The molecule has 0 aliphatic carbocycles. The van der Waals surface area contributed by atoms with E-state index < -0.39 is 11.9 Å². The molecule has 0 aromatic heterocycles. The zero-order chi connectivity index (χ0) is 24.8. The Morgan fingerprint density at radius 2 is 1.82 bits per heavy atom. The minimum atomic E-state index is -1.20. The largest absolute Gasteiger partial charge is 0.493 e. The number of anilines is 1. The molecular formula is C24H25N3O5S2. The number of carboxylic acids is 1. The molecule has 2 aromatic carbocycles. The topological polar surface area (TPSA) is 91.7 Å². The molecule has 1 aliphatic rings. The molecule has 34 heavy (non-hydrogen) atoms. The first-order valence-electron chi connectivity index (χ1n) is 10.5. The van der Waals surface area contributed by atoms with E-state index in [-0.39, 0.29) is 26.3 Å². The second-order valence-electron chi connectivity index (χ2n) is 7.07. The fourth-order valence-electron chi connectivity index (χ4n) is 3.47. The van der Waals surface area contributed by atoms with Crippen molar-refractivity contribution in [3.05, 3.63) is 58.0 Å². The number of thiocarbonyl (C=S) groups is 1. The number of carbonyl (C=O) groups excluding carboxylic acids is 1. The van der Waals surface area contributed by atoms with Gasteiger partial charge in [-0.25, -0.2) is 4.79 Å². The molecule has 0 saturated carbocycles. The summed E-state index contributed by atoms with van der Waals surface area (Å²) in [4.78, 5) is 27.3. The first kappa shape index (κ1) is 25.3. The Morgan fingerprint density at radius 1 is 1.15 bits per heavy atom. The maximum Gasteiger partial charge on any atom is 0.340 e. The number of thioether (sulfide) groups is 1. The lowest BCUT2D eigenvalue weighted by molar-refractivity contribution is -0.122. The Hall–Kier alpha value is -3.37. The minimum Gasteiger partial charge on any atom is -0.493 e. The lowest BCUT2D eigenvalue weighted by Crippen LogP contribution is -2.22. The van der Waals surface area contributed by atoms with Crippen molar-refractivity contribution in [1.82, 2.24) is 5.01 Å². The number of carbonyl (C=O) groups is 2. The number of aromatic carboxylic acids is 1. The number of hydrazone groups is 1. The van der Waals surface area contributed by atoms with Crippen LogP contribution in [0.15, 0.2) is 46.4 Å². The Morgan fingerprint density at radius 3 is 2.38 bits per heavy atom. The molecule has 0 spiro atoms. The van der Waals surface area contributed by atoms with E-state index in [2.05, 4.69) is 23.8 Å². The minimum absolute atomic E-state index is 0.0745. The summed E-state index contributed by atoms with van der Waals surface area (Å²) >= 11 is 6.38. The zero-order valence-corrected chi connectivity index (χ0v) is 20.9. The average molecular weight is 500 g/mol. The highest BCUT2D eigenvalue weighted by Gasteiger charge is 2.33. The number of hydrogen-bond donors (Lipinski definition) is 1. The standard InChI is InChI=1S/C24H25N3O5S2/c1-5-26(6-2)17-10-7-15(8-11-17)14-25-27-22(28)19(34-24(27)33)13-16-9-12-18(31-3)21(32-4)20(16)23(29)30/h7-14H,5-6H2,1-4H3,(H,29,30)/b19-13+,25-14+. The fourth-order valence-corrected chi connectivity index (χ4v) is 4.63. The van der Waals surface area contributed by atoms with E-state index in [1.165, 1.54) is 20.3 Å². The van der Waals surface area contributed by atoms with Crippen LogP contribution < -0.4 is 14.4 Å². The molecule has 8 nitrogen and oxygen atoms in total. The van der Waals surface area contributed by atoms with Crippen LogP contribution in [-0.4, -0.2) is 59.8 Å². The Balaban J connectivity index is 1.86. The average Bonchev–Trinajstić information content (AvgIpc) is 3.10. The number of amides is 1. The number of rotatable bonds is 9. The van der Waals surface area contributed by atoms with Gasteiger partial charge in [0.1, 0.15) is 5.56 Å². The fraction of sp³-hybridized carbons (Fsp3) is 0.250. The molecule has 2 aromatic rings. The van der Waals surface area contributed by atoms with Gasteiger partial charge in [-0.15, -0.1) is 0 Å². The molecule has 1 amide bonds. The Bertz CT molecular complexity index is 1160. The van der Waals surface area contributed by atoms with Crippen LogP contribution in [0.4, 0.5) is 5.69 Å². The first-order chi connectivity index (χ1) is 16.3. The van der Waals surface area contributed by atoms with Crippen molar-refractivity contribution in [3.63, 3.8) is 0 Å². The lowest BCUT2D eigenvalue weighted by atomic mass is 10.0. The quantitative estimate of drug-likeness (QED) is 0.307. The highest BCUT2D eigenvalue weighted by Crippen LogP contribution is 2.38. The molecule has 1 aliphatic heterocycles. The van der Waals surface area contributed by atoms with Gasteiger partial charge in [-0.05, 0) is 61.5 Å². The van der Waals surface area contributed by atoms with Gasteiger partial charge in [-0.3, -0.25) is 4.79 Å². The van der Waals surface area contributed by atoms with Crippen molar-refractivity contribution in [1.29, 1.82) is 0 Å². The second-order valence-corrected chi connectivity index (χ2v) is 8.75. The van der Waals surface area contributed by atoms with E-state index in [1.807, 2.05) is 24.3 Å². The normalized spacial score (nSPS) is 14.8. The van der Waals surface area contributed by atoms with Gasteiger partial charge in [0.25, 0.3) is 5.91 Å². The number of hydrogen-bond acceptors (Lipinski definition) is 8. The molecule has 1 heterocycles. The SMILES string of the molecule is CCN(CC)c1ccc(/C=N/N2C(=O)/C(=C\c3ccc(OC)c(OC)c3C(=O)O)SC2=S)cc1. The van der Waals surface area contributed by atoms with E-state index in [9.17, 15) is 14.7 Å². The summed E-state index contributed by atoms with van der Waals surface area (Å²) in [5.74, 6) is -1.28. The predicted octanol–water partition coefficient (Wildman–Crippen LogP) is 4.48. The van der Waals surface area contributed by atoms with Gasteiger partial charge >= 0.3 is 5.97 Å². The lowest BCUT2D eigenvalue weighted by Gasteiger charge is -2.20. The maximum absolute atomic E-state index is 12.9. The van der Waals surface area contributed by atoms with Gasteiger partial charge in [0.2, 0.25) is 0 Å². The molecule has 3 rings (SSSR count). The summed E-state index contributed by atoms with van der Waals surface area (Å²) in [5, 5.41) is 15.1. The van der Waals surface area contributed by atoms with Gasteiger partial charge in [0.05, 0.1) is 25.3 Å². The second kappa shape index (κ2) is 11.2. The highest BCUT2D eigenvalue weighted by molar-refractivity contribution is 8.26. The van der Waals surface area contributed by atoms with Gasteiger partial charge in [0, 0.05) is 18.8 Å². The van der Waals surface area contributed by atoms with Gasteiger partial charge < -0.3 is 19.5 Å². The van der Waals surface area contributed by atoms with Crippen LogP contribution in [0.3, 0.4) is 0 Å². The third-order valence-corrected chi connectivity index (χ3v) is 6.48. The first-order valence-corrected chi connectivity index (χ1v) is 11.7. The maximum atomic E-state index is 12.9. The van der Waals surface area contributed by atoms with E-state index in [4.69, 9.17) is 21.7 Å². The highest BCUT2D eigenvalue weighted by atomic mass is 32.2. The van der Waals surface area contributed by atoms with E-state index in [0.29, 0.717) is 5.56 Å². The zero-order valence-electron chi connectivity index (χ0n) is 19.3. The molecule has 1 fully saturated rings. The van der Waals surface area contributed by atoms with E-state index >= 15 is 0 Å². The summed E-state index contributed by atoms with van der Waals surface area (Å²) in [6, 6.07) is 11.0. The summed E-state index contributed by atoms with van der Waals surface area (Å²) in [6.45, 7) is 6.03. The van der Waals surface area contributed by atoms with Crippen molar-refractivity contribution < 1.29 is 24.2 Å². The van der Waals surface area contributed by atoms with Crippen LogP contribution in [0.25, 0.3) is 6.08 Å². The van der Waals surface area contributed by atoms with Crippen molar-refractivity contribution in [2.24, 2.45) is 5.10 Å². The van der Waals surface area contributed by atoms with Crippen molar-refractivity contribution >= 4 is 58.2 Å².